The lowest BCUT2D eigenvalue weighted by molar-refractivity contribution is -0.121. The summed E-state index contributed by atoms with van der Waals surface area (Å²) in [5.41, 5.74) is 1.80. The maximum Gasteiger partial charge on any atom is 0.241 e. The third-order valence-electron chi connectivity index (χ3n) is 5.52. The Morgan fingerprint density at radius 2 is 1.96 bits per heavy atom. The number of nitrogens with zero attached hydrogens (tertiary/aromatic N) is 3. The van der Waals surface area contributed by atoms with Gasteiger partial charge in [0.15, 0.2) is 0 Å². The predicted octanol–water partition coefficient (Wildman–Crippen LogP) is 3.61. The highest BCUT2D eigenvalue weighted by Crippen LogP contribution is 2.29. The van der Waals surface area contributed by atoms with Gasteiger partial charge in [0, 0.05) is 24.1 Å². The number of anilines is 1. The first-order valence-corrected chi connectivity index (χ1v) is 9.48. The molecule has 1 amide bonds. The van der Waals surface area contributed by atoms with Crippen LogP contribution < -0.4 is 5.32 Å². The van der Waals surface area contributed by atoms with Crippen LogP contribution in [0.15, 0.2) is 42.7 Å². The van der Waals surface area contributed by atoms with Crippen LogP contribution in [0.25, 0.3) is 5.69 Å². The van der Waals surface area contributed by atoms with Gasteiger partial charge in [-0.2, -0.15) is 5.10 Å². The van der Waals surface area contributed by atoms with E-state index in [1.54, 1.807) is 10.9 Å². The normalized spacial score (nSPS) is 22.2. The van der Waals surface area contributed by atoms with Crippen LogP contribution in [0.4, 0.5) is 5.69 Å². The molecule has 5 nitrogen and oxygen atoms in total. The molecule has 0 spiro atoms. The number of benzene rings is 1. The minimum Gasteiger partial charge on any atom is -0.325 e. The van der Waals surface area contributed by atoms with Gasteiger partial charge >= 0.3 is 0 Å². The van der Waals surface area contributed by atoms with Gasteiger partial charge < -0.3 is 5.32 Å². The molecule has 0 radical (unpaired) electrons. The zero-order valence-electron chi connectivity index (χ0n) is 14.6. The Morgan fingerprint density at radius 3 is 2.76 bits per heavy atom. The highest BCUT2D eigenvalue weighted by molar-refractivity contribution is 5.95. The molecule has 2 aromatic rings. The van der Waals surface area contributed by atoms with Crippen LogP contribution in [-0.2, 0) is 4.79 Å². The van der Waals surface area contributed by atoms with Crippen LogP contribution >= 0.6 is 0 Å². The average molecular weight is 338 g/mol. The summed E-state index contributed by atoms with van der Waals surface area (Å²) in [5.74, 6) is 0.140. The van der Waals surface area contributed by atoms with E-state index >= 15 is 0 Å². The Balaban J connectivity index is 1.45. The molecule has 1 saturated heterocycles. The Bertz CT molecular complexity index is 706. The van der Waals surface area contributed by atoms with Gasteiger partial charge in [-0.25, -0.2) is 4.68 Å². The van der Waals surface area contributed by atoms with Crippen LogP contribution in [0.3, 0.4) is 0 Å². The molecule has 1 aliphatic carbocycles. The van der Waals surface area contributed by atoms with Crippen molar-refractivity contribution in [3.05, 3.63) is 42.7 Å². The molecule has 2 heterocycles. The van der Waals surface area contributed by atoms with E-state index < -0.39 is 0 Å². The fourth-order valence-corrected chi connectivity index (χ4v) is 4.29. The first-order valence-electron chi connectivity index (χ1n) is 9.48. The SMILES string of the molecule is O=C(Nc1cccc(-n2cccn2)c1)C1CCCN1C1CCCCC1. The van der Waals surface area contributed by atoms with E-state index in [2.05, 4.69) is 15.3 Å². The third kappa shape index (κ3) is 3.61. The molecule has 0 bridgehead atoms. The van der Waals surface area contributed by atoms with Crippen LogP contribution in [0.5, 0.6) is 0 Å². The van der Waals surface area contributed by atoms with Crippen molar-refractivity contribution in [1.29, 1.82) is 0 Å². The number of amides is 1. The lowest BCUT2D eigenvalue weighted by Crippen LogP contribution is -2.46. The molecule has 1 atom stereocenters. The van der Waals surface area contributed by atoms with Crippen molar-refractivity contribution in [1.82, 2.24) is 14.7 Å². The van der Waals surface area contributed by atoms with E-state index in [0.29, 0.717) is 6.04 Å². The van der Waals surface area contributed by atoms with Gasteiger partial charge in [0.25, 0.3) is 0 Å². The number of carbonyl (C=O) groups excluding carboxylic acids is 1. The molecular formula is C20H26N4O. The molecule has 132 valence electrons. The van der Waals surface area contributed by atoms with E-state index in [1.165, 1.54) is 32.1 Å². The first kappa shape index (κ1) is 16.3. The zero-order valence-corrected chi connectivity index (χ0v) is 14.6. The summed E-state index contributed by atoms with van der Waals surface area (Å²) in [6, 6.07) is 10.4. The molecule has 1 saturated carbocycles. The molecule has 25 heavy (non-hydrogen) atoms. The summed E-state index contributed by atoms with van der Waals surface area (Å²) >= 11 is 0. The van der Waals surface area contributed by atoms with Crippen LogP contribution in [0.1, 0.15) is 44.9 Å². The second-order valence-corrected chi connectivity index (χ2v) is 7.18. The molecule has 1 N–H and O–H groups in total. The Labute approximate surface area is 149 Å². The van der Waals surface area contributed by atoms with Gasteiger partial charge in [-0.05, 0) is 56.5 Å². The van der Waals surface area contributed by atoms with Gasteiger partial charge in [-0.1, -0.05) is 25.3 Å². The van der Waals surface area contributed by atoms with Gasteiger partial charge in [0.1, 0.15) is 0 Å². The Kier molecular flexibility index (Phi) is 4.83. The number of carbonyl (C=O) groups is 1. The second kappa shape index (κ2) is 7.40. The zero-order chi connectivity index (χ0) is 17.1. The summed E-state index contributed by atoms with van der Waals surface area (Å²) in [5, 5.41) is 7.39. The number of hydrogen-bond acceptors (Lipinski definition) is 3. The maximum absolute atomic E-state index is 12.9. The Hall–Kier alpha value is -2.14. The predicted molar refractivity (Wildman–Crippen MR) is 98.8 cm³/mol. The van der Waals surface area contributed by atoms with Crippen LogP contribution in [-0.4, -0.2) is 39.2 Å². The largest absolute Gasteiger partial charge is 0.325 e. The second-order valence-electron chi connectivity index (χ2n) is 7.18. The summed E-state index contributed by atoms with van der Waals surface area (Å²) in [6.45, 7) is 1.07. The molecule has 2 aliphatic rings. The maximum atomic E-state index is 12.9. The monoisotopic (exact) mass is 338 g/mol. The Morgan fingerprint density at radius 1 is 1.08 bits per heavy atom. The molecule has 2 fully saturated rings. The van der Waals surface area contributed by atoms with Crippen LogP contribution in [0.2, 0.25) is 0 Å². The van der Waals surface area contributed by atoms with Gasteiger partial charge in [0.05, 0.1) is 11.7 Å². The van der Waals surface area contributed by atoms with Crippen molar-refractivity contribution in [2.24, 2.45) is 0 Å². The topological polar surface area (TPSA) is 50.2 Å². The quantitative estimate of drug-likeness (QED) is 0.926. The lowest BCUT2D eigenvalue weighted by atomic mass is 9.93. The standard InChI is InChI=1S/C20H26N4O/c25-20(19-11-5-13-23(19)17-8-2-1-3-9-17)22-16-7-4-10-18(15-16)24-14-6-12-21-24/h4,6-7,10,12,14-15,17,19H,1-3,5,8-9,11,13H2,(H,22,25). The minimum atomic E-state index is 0.0245. The number of aromatic nitrogens is 2. The lowest BCUT2D eigenvalue weighted by Gasteiger charge is -2.34. The molecule has 1 unspecified atom stereocenters. The minimum absolute atomic E-state index is 0.0245. The van der Waals surface area contributed by atoms with Gasteiger partial charge in [-0.15, -0.1) is 0 Å². The molecule has 5 heteroatoms. The number of rotatable bonds is 4. The average Bonchev–Trinajstić information content (AvgIpc) is 3.34. The highest BCUT2D eigenvalue weighted by atomic mass is 16.2. The van der Waals surface area contributed by atoms with E-state index in [1.807, 2.05) is 36.5 Å². The molecule has 1 aromatic carbocycles. The number of likely N-dealkylation sites (tertiary alicyclic amines) is 1. The molecular weight excluding hydrogens is 312 g/mol. The molecule has 1 aliphatic heterocycles. The van der Waals surface area contributed by atoms with E-state index in [9.17, 15) is 4.79 Å². The van der Waals surface area contributed by atoms with E-state index in [-0.39, 0.29) is 11.9 Å². The van der Waals surface area contributed by atoms with Gasteiger partial charge in [0.2, 0.25) is 5.91 Å². The number of hydrogen-bond donors (Lipinski definition) is 1. The molecule has 1 aromatic heterocycles. The first-order chi connectivity index (χ1) is 12.3. The third-order valence-corrected chi connectivity index (χ3v) is 5.52. The van der Waals surface area contributed by atoms with Crippen LogP contribution in [0, 0.1) is 0 Å². The summed E-state index contributed by atoms with van der Waals surface area (Å²) < 4.78 is 1.81. The van der Waals surface area contributed by atoms with E-state index in [0.717, 1.165) is 30.8 Å². The van der Waals surface area contributed by atoms with Crippen molar-refractivity contribution in [3.63, 3.8) is 0 Å². The van der Waals surface area contributed by atoms with Gasteiger partial charge in [-0.3, -0.25) is 9.69 Å². The smallest absolute Gasteiger partial charge is 0.241 e. The fraction of sp³-hybridized carbons (Fsp3) is 0.500. The molecule has 4 rings (SSSR count). The van der Waals surface area contributed by atoms with Crippen molar-refractivity contribution >= 4 is 11.6 Å². The number of nitrogens with one attached hydrogen (secondary N) is 1. The van der Waals surface area contributed by atoms with Crippen molar-refractivity contribution in [2.45, 2.75) is 57.0 Å². The summed E-state index contributed by atoms with van der Waals surface area (Å²) in [7, 11) is 0. The van der Waals surface area contributed by atoms with Crippen molar-refractivity contribution in [3.8, 4) is 5.69 Å². The summed E-state index contributed by atoms with van der Waals surface area (Å²) in [4.78, 5) is 15.4. The highest BCUT2D eigenvalue weighted by Gasteiger charge is 2.35. The van der Waals surface area contributed by atoms with E-state index in [4.69, 9.17) is 0 Å². The van der Waals surface area contributed by atoms with Crippen molar-refractivity contribution in [2.75, 3.05) is 11.9 Å². The van der Waals surface area contributed by atoms with Crippen molar-refractivity contribution < 1.29 is 4.79 Å². The fourth-order valence-electron chi connectivity index (χ4n) is 4.29. The summed E-state index contributed by atoms with van der Waals surface area (Å²) in [6.07, 6.45) is 12.2.